The van der Waals surface area contributed by atoms with Crippen LogP contribution in [0.3, 0.4) is 0 Å². The van der Waals surface area contributed by atoms with E-state index in [1.165, 1.54) is 6.07 Å². The second kappa shape index (κ2) is 8.62. The number of nitrogens with one attached hydrogen (secondary N) is 1. The molecule has 0 fully saturated rings. The van der Waals surface area contributed by atoms with E-state index in [9.17, 15) is 9.18 Å². The first-order valence-electron chi connectivity index (χ1n) is 8.23. The molecule has 1 N–H and O–H groups in total. The Morgan fingerprint density at radius 1 is 1.20 bits per heavy atom. The van der Waals surface area contributed by atoms with Crippen molar-refractivity contribution >= 4 is 5.91 Å². The minimum Gasteiger partial charge on any atom is -0.496 e. The highest BCUT2D eigenvalue weighted by molar-refractivity contribution is 5.77. The van der Waals surface area contributed by atoms with Gasteiger partial charge in [-0.2, -0.15) is 0 Å². The number of aryl methyl sites for hydroxylation is 2. The fourth-order valence-corrected chi connectivity index (χ4v) is 2.96. The van der Waals surface area contributed by atoms with Gasteiger partial charge in [-0.15, -0.1) is 0 Å². The zero-order chi connectivity index (χ0) is 18.4. The van der Waals surface area contributed by atoms with Gasteiger partial charge in [0.05, 0.1) is 13.7 Å². The third-order valence-corrected chi connectivity index (χ3v) is 4.02. The minimum absolute atomic E-state index is 0.132. The number of carbonyl (C=O) groups excluding carboxylic acids is 1. The summed E-state index contributed by atoms with van der Waals surface area (Å²) in [5.74, 6) is 0.460. The Morgan fingerprint density at radius 3 is 2.44 bits per heavy atom. The summed E-state index contributed by atoms with van der Waals surface area (Å²) in [5, 5.41) is 2.76. The molecular formula is C20H25FN2O2. The van der Waals surface area contributed by atoms with Crippen LogP contribution in [0.1, 0.15) is 22.3 Å². The van der Waals surface area contributed by atoms with Crippen LogP contribution in [0.5, 0.6) is 5.75 Å². The predicted molar refractivity (Wildman–Crippen MR) is 97.0 cm³/mol. The maximum atomic E-state index is 13.6. The lowest BCUT2D eigenvalue weighted by molar-refractivity contribution is -0.122. The van der Waals surface area contributed by atoms with Crippen LogP contribution in [0.15, 0.2) is 36.4 Å². The van der Waals surface area contributed by atoms with Crippen LogP contribution in [0.25, 0.3) is 0 Å². The number of likely N-dealkylation sites (N-methyl/N-ethyl adjacent to an activating group) is 1. The van der Waals surface area contributed by atoms with E-state index in [0.29, 0.717) is 12.1 Å². The zero-order valence-electron chi connectivity index (χ0n) is 15.2. The lowest BCUT2D eigenvalue weighted by atomic mass is 10.1. The van der Waals surface area contributed by atoms with Gasteiger partial charge in [-0.25, -0.2) is 4.39 Å². The summed E-state index contributed by atoms with van der Waals surface area (Å²) in [6.45, 7) is 5.12. The highest BCUT2D eigenvalue weighted by atomic mass is 19.1. The van der Waals surface area contributed by atoms with Crippen LogP contribution in [0, 0.1) is 19.7 Å². The maximum Gasteiger partial charge on any atom is 0.234 e. The molecule has 5 heteroatoms. The van der Waals surface area contributed by atoms with E-state index in [4.69, 9.17) is 4.74 Å². The summed E-state index contributed by atoms with van der Waals surface area (Å²) in [5.41, 5.74) is 3.77. The van der Waals surface area contributed by atoms with Gasteiger partial charge in [0.1, 0.15) is 11.6 Å². The third kappa shape index (κ3) is 5.29. The molecule has 2 rings (SSSR count). The van der Waals surface area contributed by atoms with Gasteiger partial charge in [-0.05, 0) is 43.7 Å². The number of methoxy groups -OCH3 is 1. The van der Waals surface area contributed by atoms with Gasteiger partial charge >= 0.3 is 0 Å². The van der Waals surface area contributed by atoms with Gasteiger partial charge in [-0.3, -0.25) is 9.69 Å². The lowest BCUT2D eigenvalue weighted by Crippen LogP contribution is -2.34. The van der Waals surface area contributed by atoms with Crippen LogP contribution in [-0.4, -0.2) is 31.5 Å². The molecule has 0 unspecified atom stereocenters. The quantitative estimate of drug-likeness (QED) is 0.839. The first kappa shape index (κ1) is 18.9. The van der Waals surface area contributed by atoms with Crippen LogP contribution in [0.2, 0.25) is 0 Å². The van der Waals surface area contributed by atoms with Crippen molar-refractivity contribution in [1.82, 2.24) is 10.2 Å². The smallest absolute Gasteiger partial charge is 0.234 e. The normalized spacial score (nSPS) is 10.8. The minimum atomic E-state index is -0.305. The van der Waals surface area contributed by atoms with E-state index in [1.54, 1.807) is 25.3 Å². The summed E-state index contributed by atoms with van der Waals surface area (Å²) in [6.07, 6.45) is 0. The molecule has 4 nitrogen and oxygen atoms in total. The number of amides is 1. The molecule has 25 heavy (non-hydrogen) atoms. The van der Waals surface area contributed by atoms with E-state index >= 15 is 0 Å². The summed E-state index contributed by atoms with van der Waals surface area (Å²) in [6, 6.07) is 10.6. The van der Waals surface area contributed by atoms with Gasteiger partial charge in [0.2, 0.25) is 5.91 Å². The average molecular weight is 344 g/mol. The number of rotatable bonds is 7. The fraction of sp³-hybridized carbons (Fsp3) is 0.350. The molecule has 0 radical (unpaired) electrons. The number of hydrogen-bond donors (Lipinski definition) is 1. The molecule has 0 heterocycles. The van der Waals surface area contributed by atoms with Crippen molar-refractivity contribution in [2.75, 3.05) is 20.7 Å². The molecule has 0 aromatic heterocycles. The first-order valence-corrected chi connectivity index (χ1v) is 8.23. The molecule has 0 bridgehead atoms. The Morgan fingerprint density at radius 2 is 1.84 bits per heavy atom. The monoisotopic (exact) mass is 344 g/mol. The summed E-state index contributed by atoms with van der Waals surface area (Å²) in [4.78, 5) is 14.0. The second-order valence-corrected chi connectivity index (χ2v) is 6.30. The van der Waals surface area contributed by atoms with Crippen LogP contribution in [-0.2, 0) is 17.9 Å². The molecule has 2 aromatic carbocycles. The Labute approximate surface area is 148 Å². The highest BCUT2D eigenvalue weighted by Crippen LogP contribution is 2.24. The van der Waals surface area contributed by atoms with E-state index in [-0.39, 0.29) is 24.8 Å². The summed E-state index contributed by atoms with van der Waals surface area (Å²) < 4.78 is 18.9. The Hall–Kier alpha value is -2.40. The molecule has 0 saturated heterocycles. The topological polar surface area (TPSA) is 41.6 Å². The van der Waals surface area contributed by atoms with E-state index in [0.717, 1.165) is 22.4 Å². The summed E-state index contributed by atoms with van der Waals surface area (Å²) in [7, 11) is 3.55. The van der Waals surface area contributed by atoms with Crippen molar-refractivity contribution in [2.45, 2.75) is 26.9 Å². The van der Waals surface area contributed by atoms with Crippen LogP contribution < -0.4 is 10.1 Å². The molecular weight excluding hydrogens is 319 g/mol. The van der Waals surface area contributed by atoms with Gasteiger partial charge < -0.3 is 10.1 Å². The van der Waals surface area contributed by atoms with Crippen molar-refractivity contribution in [1.29, 1.82) is 0 Å². The van der Waals surface area contributed by atoms with Gasteiger partial charge in [0.25, 0.3) is 0 Å². The molecule has 0 aliphatic carbocycles. The van der Waals surface area contributed by atoms with E-state index in [2.05, 4.69) is 17.4 Å². The maximum absolute atomic E-state index is 13.6. The number of carbonyl (C=O) groups is 1. The molecule has 2 aromatic rings. The first-order chi connectivity index (χ1) is 11.9. The molecule has 0 spiro atoms. The lowest BCUT2D eigenvalue weighted by Gasteiger charge is -2.18. The standard InChI is InChI=1S/C20H25FN2O2/c1-14-9-16(10-15(2)20(14)25-4)12-23(3)13-19(24)22-11-17-7-5-6-8-18(17)21/h5-10H,11-13H2,1-4H3,(H,22,24). The van der Waals surface area contributed by atoms with Gasteiger partial charge in [0, 0.05) is 18.7 Å². The molecule has 134 valence electrons. The Kier molecular flexibility index (Phi) is 6.53. The largest absolute Gasteiger partial charge is 0.496 e. The van der Waals surface area contributed by atoms with Crippen molar-refractivity contribution in [3.05, 3.63) is 64.5 Å². The van der Waals surface area contributed by atoms with Gasteiger partial charge in [0.15, 0.2) is 0 Å². The third-order valence-electron chi connectivity index (χ3n) is 4.02. The molecule has 0 aliphatic heterocycles. The Balaban J connectivity index is 1.88. The van der Waals surface area contributed by atoms with Crippen molar-refractivity contribution in [3.8, 4) is 5.75 Å². The number of nitrogens with zero attached hydrogens (tertiary/aromatic N) is 1. The molecule has 1 amide bonds. The second-order valence-electron chi connectivity index (χ2n) is 6.30. The zero-order valence-corrected chi connectivity index (χ0v) is 15.2. The predicted octanol–water partition coefficient (Wildman–Crippen LogP) is 3.20. The van der Waals surface area contributed by atoms with Gasteiger partial charge in [-0.1, -0.05) is 30.3 Å². The number of benzene rings is 2. The molecule has 0 atom stereocenters. The number of ether oxygens (including phenoxy) is 1. The molecule has 0 saturated carbocycles. The van der Waals surface area contributed by atoms with Crippen molar-refractivity contribution in [2.24, 2.45) is 0 Å². The molecule has 0 aliphatic rings. The van der Waals surface area contributed by atoms with Crippen LogP contribution in [0.4, 0.5) is 4.39 Å². The average Bonchev–Trinajstić information content (AvgIpc) is 2.53. The van der Waals surface area contributed by atoms with E-state index in [1.807, 2.05) is 25.8 Å². The van der Waals surface area contributed by atoms with Crippen LogP contribution >= 0.6 is 0 Å². The summed E-state index contributed by atoms with van der Waals surface area (Å²) >= 11 is 0. The number of halogens is 1. The Bertz CT molecular complexity index is 723. The van der Waals surface area contributed by atoms with Crippen molar-refractivity contribution < 1.29 is 13.9 Å². The fourth-order valence-electron chi connectivity index (χ4n) is 2.96. The number of hydrogen-bond acceptors (Lipinski definition) is 3. The SMILES string of the molecule is COc1c(C)cc(CN(C)CC(=O)NCc2ccccc2F)cc1C. The van der Waals surface area contributed by atoms with Crippen molar-refractivity contribution in [3.63, 3.8) is 0 Å². The van der Waals surface area contributed by atoms with E-state index < -0.39 is 0 Å². The highest BCUT2D eigenvalue weighted by Gasteiger charge is 2.10.